The third-order valence-electron chi connectivity index (χ3n) is 4.25. The van der Waals surface area contributed by atoms with Crippen LogP contribution in [0.2, 0.25) is 0 Å². The second-order valence-corrected chi connectivity index (χ2v) is 6.82. The highest BCUT2D eigenvalue weighted by Gasteiger charge is 2.06. The lowest BCUT2D eigenvalue weighted by atomic mass is 10.0. The van der Waals surface area contributed by atoms with Crippen molar-refractivity contribution in [2.45, 2.75) is 97.8 Å². The summed E-state index contributed by atoms with van der Waals surface area (Å²) in [6.45, 7) is 6.89. The zero-order chi connectivity index (χ0) is 18.0. The van der Waals surface area contributed by atoms with Crippen LogP contribution in [0.25, 0.3) is 0 Å². The molecule has 0 radical (unpaired) electrons. The summed E-state index contributed by atoms with van der Waals surface area (Å²) in [4.78, 5) is 22.3. The zero-order valence-electron chi connectivity index (χ0n) is 16.1. The lowest BCUT2D eigenvalue weighted by Crippen LogP contribution is -2.07. The van der Waals surface area contributed by atoms with E-state index in [0.717, 1.165) is 38.5 Å². The lowest BCUT2D eigenvalue weighted by Gasteiger charge is -2.10. The Kier molecular flexibility index (Phi) is 16.0. The summed E-state index contributed by atoms with van der Waals surface area (Å²) in [5.41, 5.74) is 0. The molecular formula is C20H38O4. The van der Waals surface area contributed by atoms with E-state index in [1.807, 2.05) is 0 Å². The molecule has 0 amide bonds. The number of rotatable bonds is 16. The molecule has 0 saturated heterocycles. The maximum Gasteiger partial charge on any atom is 0.305 e. The van der Waals surface area contributed by atoms with E-state index < -0.39 is 0 Å². The lowest BCUT2D eigenvalue weighted by molar-refractivity contribution is -0.144. The molecule has 0 rings (SSSR count). The third-order valence-corrected chi connectivity index (χ3v) is 4.25. The van der Waals surface area contributed by atoms with E-state index in [9.17, 15) is 9.59 Å². The van der Waals surface area contributed by atoms with Gasteiger partial charge in [0.15, 0.2) is 0 Å². The summed E-state index contributed by atoms with van der Waals surface area (Å²) in [6, 6.07) is 0. The fourth-order valence-electron chi connectivity index (χ4n) is 2.63. The Morgan fingerprint density at radius 2 is 1.46 bits per heavy atom. The molecule has 0 aliphatic rings. The van der Waals surface area contributed by atoms with Crippen LogP contribution in [-0.2, 0) is 19.1 Å². The molecule has 24 heavy (non-hydrogen) atoms. The monoisotopic (exact) mass is 342 g/mol. The molecule has 0 bridgehead atoms. The van der Waals surface area contributed by atoms with Crippen molar-refractivity contribution >= 4 is 11.9 Å². The summed E-state index contributed by atoms with van der Waals surface area (Å²) in [5.74, 6) is 0.243. The van der Waals surface area contributed by atoms with E-state index in [-0.39, 0.29) is 11.9 Å². The fourth-order valence-corrected chi connectivity index (χ4v) is 2.63. The molecule has 0 aliphatic carbocycles. The molecule has 4 nitrogen and oxygen atoms in total. The van der Waals surface area contributed by atoms with Crippen LogP contribution in [0.3, 0.4) is 0 Å². The largest absolute Gasteiger partial charge is 0.466 e. The summed E-state index contributed by atoms with van der Waals surface area (Å²) >= 11 is 0. The van der Waals surface area contributed by atoms with Gasteiger partial charge in [-0.25, -0.2) is 0 Å². The van der Waals surface area contributed by atoms with Gasteiger partial charge in [0.05, 0.1) is 13.2 Å². The predicted molar refractivity (Wildman–Crippen MR) is 97.8 cm³/mol. The first-order valence-corrected chi connectivity index (χ1v) is 9.85. The number of carbonyl (C=O) groups excluding carboxylic acids is 2. The maximum absolute atomic E-state index is 11.6. The van der Waals surface area contributed by atoms with Crippen molar-refractivity contribution in [3.05, 3.63) is 0 Å². The second kappa shape index (κ2) is 16.8. The highest BCUT2D eigenvalue weighted by Crippen LogP contribution is 2.13. The topological polar surface area (TPSA) is 52.6 Å². The Morgan fingerprint density at radius 3 is 2.12 bits per heavy atom. The van der Waals surface area contributed by atoms with Crippen LogP contribution in [0.4, 0.5) is 0 Å². The number of esters is 2. The normalized spacial score (nSPS) is 12.0. The van der Waals surface area contributed by atoms with E-state index in [4.69, 9.17) is 9.47 Å². The summed E-state index contributed by atoms with van der Waals surface area (Å²) in [5, 5.41) is 0. The quantitative estimate of drug-likeness (QED) is 0.277. The van der Waals surface area contributed by atoms with Gasteiger partial charge in [0, 0.05) is 13.3 Å². The predicted octanol–water partition coefficient (Wildman–Crippen LogP) is 5.43. The van der Waals surface area contributed by atoms with Gasteiger partial charge < -0.3 is 9.47 Å². The van der Waals surface area contributed by atoms with Gasteiger partial charge in [-0.2, -0.15) is 0 Å². The summed E-state index contributed by atoms with van der Waals surface area (Å²) in [6.07, 6.45) is 13.0. The molecule has 0 aromatic heterocycles. The summed E-state index contributed by atoms with van der Waals surface area (Å²) in [7, 11) is 0. The first-order chi connectivity index (χ1) is 11.6. The van der Waals surface area contributed by atoms with Crippen LogP contribution >= 0.6 is 0 Å². The Bertz CT molecular complexity index is 315. The molecule has 0 aromatic rings. The zero-order valence-corrected chi connectivity index (χ0v) is 16.1. The number of hydrogen-bond donors (Lipinski definition) is 0. The van der Waals surface area contributed by atoms with Crippen LogP contribution < -0.4 is 0 Å². The number of hydrogen-bond acceptors (Lipinski definition) is 4. The second-order valence-electron chi connectivity index (χ2n) is 6.82. The maximum atomic E-state index is 11.6. The smallest absolute Gasteiger partial charge is 0.305 e. The van der Waals surface area contributed by atoms with E-state index in [1.165, 1.54) is 39.0 Å². The van der Waals surface area contributed by atoms with Crippen molar-refractivity contribution in [1.82, 2.24) is 0 Å². The Labute approximate surface area is 148 Å². The molecule has 0 aromatic carbocycles. The molecule has 0 saturated carbocycles. The first-order valence-electron chi connectivity index (χ1n) is 9.85. The Hall–Kier alpha value is -1.06. The van der Waals surface area contributed by atoms with Crippen molar-refractivity contribution in [2.24, 2.45) is 5.92 Å². The van der Waals surface area contributed by atoms with E-state index in [2.05, 4.69) is 13.8 Å². The van der Waals surface area contributed by atoms with Crippen LogP contribution in [0.1, 0.15) is 97.8 Å². The molecular weight excluding hydrogens is 304 g/mol. The molecule has 1 unspecified atom stereocenters. The Morgan fingerprint density at radius 1 is 0.792 bits per heavy atom. The summed E-state index contributed by atoms with van der Waals surface area (Å²) < 4.78 is 10.2. The third kappa shape index (κ3) is 17.3. The SMILES string of the molecule is CCCCCCCCCOC(=O)CCCCC(C)CCOC(C)=O. The van der Waals surface area contributed by atoms with Gasteiger partial charge in [0.1, 0.15) is 0 Å². The van der Waals surface area contributed by atoms with E-state index >= 15 is 0 Å². The average Bonchev–Trinajstić information content (AvgIpc) is 2.53. The number of ether oxygens (including phenoxy) is 2. The highest BCUT2D eigenvalue weighted by molar-refractivity contribution is 5.69. The highest BCUT2D eigenvalue weighted by atomic mass is 16.5. The van der Waals surface area contributed by atoms with Crippen molar-refractivity contribution in [3.63, 3.8) is 0 Å². The van der Waals surface area contributed by atoms with Crippen LogP contribution in [0.5, 0.6) is 0 Å². The molecule has 142 valence electrons. The molecule has 0 fully saturated rings. The van der Waals surface area contributed by atoms with Crippen molar-refractivity contribution in [3.8, 4) is 0 Å². The molecule has 4 heteroatoms. The Balaban J connectivity index is 3.33. The molecule has 0 spiro atoms. The molecule has 1 atom stereocenters. The van der Waals surface area contributed by atoms with Crippen molar-refractivity contribution in [2.75, 3.05) is 13.2 Å². The molecule has 0 N–H and O–H groups in total. The van der Waals surface area contributed by atoms with Crippen LogP contribution in [-0.4, -0.2) is 25.2 Å². The molecule has 0 heterocycles. The minimum absolute atomic E-state index is 0.0615. The van der Waals surface area contributed by atoms with Crippen molar-refractivity contribution < 1.29 is 19.1 Å². The fraction of sp³-hybridized carbons (Fsp3) is 0.900. The van der Waals surface area contributed by atoms with Gasteiger partial charge in [-0.3, -0.25) is 9.59 Å². The van der Waals surface area contributed by atoms with Crippen LogP contribution in [0, 0.1) is 5.92 Å². The molecule has 0 aliphatic heterocycles. The van der Waals surface area contributed by atoms with Gasteiger partial charge in [-0.05, 0) is 25.2 Å². The minimum Gasteiger partial charge on any atom is -0.466 e. The minimum atomic E-state index is -0.217. The number of carbonyl (C=O) groups is 2. The standard InChI is InChI=1S/C20H38O4/c1-4-5-6-7-8-9-12-16-24-20(22)14-11-10-13-18(2)15-17-23-19(3)21/h18H,4-17H2,1-3H3. The van der Waals surface area contributed by atoms with Gasteiger partial charge in [-0.15, -0.1) is 0 Å². The van der Waals surface area contributed by atoms with Crippen LogP contribution in [0.15, 0.2) is 0 Å². The van der Waals surface area contributed by atoms with E-state index in [1.54, 1.807) is 0 Å². The van der Waals surface area contributed by atoms with Gasteiger partial charge in [0.2, 0.25) is 0 Å². The van der Waals surface area contributed by atoms with E-state index in [0.29, 0.717) is 25.6 Å². The first kappa shape index (κ1) is 22.9. The average molecular weight is 343 g/mol. The van der Waals surface area contributed by atoms with Crippen molar-refractivity contribution in [1.29, 1.82) is 0 Å². The van der Waals surface area contributed by atoms with Gasteiger partial charge in [-0.1, -0.05) is 65.2 Å². The van der Waals surface area contributed by atoms with Gasteiger partial charge >= 0.3 is 11.9 Å². The van der Waals surface area contributed by atoms with Gasteiger partial charge in [0.25, 0.3) is 0 Å². The number of unbranched alkanes of at least 4 members (excludes halogenated alkanes) is 7.